The molecule has 27 heavy (non-hydrogen) atoms. The second kappa shape index (κ2) is 9.06. The van der Waals surface area contributed by atoms with E-state index >= 15 is 0 Å². The van der Waals surface area contributed by atoms with Crippen LogP contribution in [0.15, 0.2) is 42.5 Å². The minimum Gasteiger partial charge on any atom is -0.489 e. The van der Waals surface area contributed by atoms with E-state index in [1.165, 1.54) is 5.56 Å². The second-order valence-electron chi connectivity index (χ2n) is 6.40. The van der Waals surface area contributed by atoms with Gasteiger partial charge in [0.05, 0.1) is 6.54 Å². The first-order valence-corrected chi connectivity index (χ1v) is 9.72. The van der Waals surface area contributed by atoms with Gasteiger partial charge in [-0.25, -0.2) is 4.68 Å². The lowest BCUT2D eigenvalue weighted by Crippen LogP contribution is -2.18. The van der Waals surface area contributed by atoms with Crippen molar-refractivity contribution in [2.24, 2.45) is 0 Å². The summed E-state index contributed by atoms with van der Waals surface area (Å²) in [6.07, 6.45) is 1.83. The molecule has 0 radical (unpaired) electrons. The van der Waals surface area contributed by atoms with Crippen molar-refractivity contribution in [2.75, 3.05) is 5.43 Å². The van der Waals surface area contributed by atoms with E-state index in [0.29, 0.717) is 22.9 Å². The molecule has 0 bridgehead atoms. The van der Waals surface area contributed by atoms with Crippen molar-refractivity contribution in [1.82, 2.24) is 14.9 Å². The van der Waals surface area contributed by atoms with Crippen LogP contribution >= 0.6 is 23.8 Å². The first-order valence-electron chi connectivity index (χ1n) is 8.93. The van der Waals surface area contributed by atoms with E-state index in [1.54, 1.807) is 0 Å². The molecule has 0 atom stereocenters. The highest BCUT2D eigenvalue weighted by atomic mass is 35.5. The van der Waals surface area contributed by atoms with Gasteiger partial charge in [-0.05, 0) is 49.3 Å². The van der Waals surface area contributed by atoms with Crippen LogP contribution in [-0.2, 0) is 19.6 Å². The Hall–Kier alpha value is -2.31. The van der Waals surface area contributed by atoms with Gasteiger partial charge in [0.25, 0.3) is 0 Å². The number of aryl methyl sites for hydroxylation is 2. The predicted molar refractivity (Wildman–Crippen MR) is 111 cm³/mol. The molecule has 0 unspecified atom stereocenters. The standard InChI is InChI=1S/C20H23ClN4OS/c1-3-5-19-23-24-20(27)25(19)22-12-16-11-17(21)8-9-18(16)26-13-15-7-4-6-14(2)10-15/h4,6-11,22H,3,5,12-13H2,1-2H3,(H,24,27). The molecule has 3 rings (SSSR count). The summed E-state index contributed by atoms with van der Waals surface area (Å²) in [5.41, 5.74) is 6.62. The lowest BCUT2D eigenvalue weighted by atomic mass is 10.1. The fourth-order valence-corrected chi connectivity index (χ4v) is 3.25. The van der Waals surface area contributed by atoms with Crippen LogP contribution in [0.5, 0.6) is 5.75 Å². The minimum absolute atomic E-state index is 0.503. The average molecular weight is 403 g/mol. The number of H-pyrrole nitrogens is 1. The maximum Gasteiger partial charge on any atom is 0.214 e. The molecule has 0 fully saturated rings. The molecule has 0 aliphatic rings. The third kappa shape index (κ3) is 5.11. The Kier molecular flexibility index (Phi) is 6.53. The SMILES string of the molecule is CCCc1n[nH]c(=S)n1NCc1cc(Cl)ccc1OCc1cccc(C)c1. The van der Waals surface area contributed by atoms with Crippen LogP contribution in [-0.4, -0.2) is 14.9 Å². The molecule has 5 nitrogen and oxygen atoms in total. The van der Waals surface area contributed by atoms with Crippen molar-refractivity contribution in [3.63, 3.8) is 0 Å². The van der Waals surface area contributed by atoms with Gasteiger partial charge >= 0.3 is 0 Å². The predicted octanol–water partition coefficient (Wildman–Crippen LogP) is 5.18. The first kappa shape index (κ1) is 19.5. The summed E-state index contributed by atoms with van der Waals surface area (Å²) < 4.78 is 8.41. The molecular weight excluding hydrogens is 380 g/mol. The van der Waals surface area contributed by atoms with E-state index in [9.17, 15) is 0 Å². The molecule has 0 saturated carbocycles. The number of hydrogen-bond donors (Lipinski definition) is 2. The molecule has 0 aliphatic carbocycles. The molecule has 2 aromatic carbocycles. The van der Waals surface area contributed by atoms with Gasteiger partial charge in [0.2, 0.25) is 4.77 Å². The second-order valence-corrected chi connectivity index (χ2v) is 7.22. The molecule has 142 valence electrons. The topological polar surface area (TPSA) is 54.9 Å². The molecule has 1 heterocycles. The third-order valence-electron chi connectivity index (χ3n) is 4.14. The van der Waals surface area contributed by atoms with Crippen molar-refractivity contribution in [1.29, 1.82) is 0 Å². The molecule has 0 saturated heterocycles. The Morgan fingerprint density at radius 1 is 1.26 bits per heavy atom. The molecule has 0 spiro atoms. The van der Waals surface area contributed by atoms with E-state index < -0.39 is 0 Å². The Morgan fingerprint density at radius 3 is 2.89 bits per heavy atom. The van der Waals surface area contributed by atoms with E-state index in [4.69, 9.17) is 28.6 Å². The number of nitrogens with zero attached hydrogens (tertiary/aromatic N) is 2. The van der Waals surface area contributed by atoms with Crippen molar-refractivity contribution in [3.8, 4) is 5.75 Å². The number of halogens is 1. The quantitative estimate of drug-likeness (QED) is 0.510. The molecule has 0 aliphatic heterocycles. The van der Waals surface area contributed by atoms with Gasteiger partial charge < -0.3 is 10.2 Å². The van der Waals surface area contributed by atoms with Crippen LogP contribution in [0.2, 0.25) is 5.02 Å². The number of hydrogen-bond acceptors (Lipinski definition) is 4. The van der Waals surface area contributed by atoms with Crippen molar-refractivity contribution in [2.45, 2.75) is 39.8 Å². The highest BCUT2D eigenvalue weighted by Crippen LogP contribution is 2.24. The Morgan fingerprint density at radius 2 is 2.11 bits per heavy atom. The molecule has 0 amide bonds. The first-order chi connectivity index (χ1) is 13.1. The maximum absolute atomic E-state index is 6.20. The Labute approximate surface area is 169 Å². The van der Waals surface area contributed by atoms with Crippen LogP contribution in [0.1, 0.15) is 35.9 Å². The van der Waals surface area contributed by atoms with E-state index in [-0.39, 0.29) is 0 Å². The number of benzene rings is 2. The van der Waals surface area contributed by atoms with Crippen molar-refractivity contribution in [3.05, 3.63) is 74.8 Å². The number of rotatable bonds is 8. The molecular formula is C20H23ClN4OS. The normalized spacial score (nSPS) is 10.8. The lowest BCUT2D eigenvalue weighted by Gasteiger charge is -2.15. The summed E-state index contributed by atoms with van der Waals surface area (Å²) in [7, 11) is 0. The van der Waals surface area contributed by atoms with Gasteiger partial charge in [0.15, 0.2) is 5.82 Å². The highest BCUT2D eigenvalue weighted by Gasteiger charge is 2.09. The molecule has 3 aromatic rings. The summed E-state index contributed by atoms with van der Waals surface area (Å²) >= 11 is 11.5. The van der Waals surface area contributed by atoms with Gasteiger partial charge in [-0.1, -0.05) is 48.4 Å². The van der Waals surface area contributed by atoms with Gasteiger partial charge in [-0.3, -0.25) is 5.10 Å². The molecule has 7 heteroatoms. The summed E-state index contributed by atoms with van der Waals surface area (Å²) in [6.45, 7) is 5.20. The lowest BCUT2D eigenvalue weighted by molar-refractivity contribution is 0.303. The van der Waals surface area contributed by atoms with Crippen molar-refractivity contribution >= 4 is 23.8 Å². The van der Waals surface area contributed by atoms with E-state index in [2.05, 4.69) is 47.7 Å². The van der Waals surface area contributed by atoms with Crippen LogP contribution in [0, 0.1) is 11.7 Å². The summed E-state index contributed by atoms with van der Waals surface area (Å²) in [5, 5.41) is 7.77. The van der Waals surface area contributed by atoms with Crippen LogP contribution in [0.25, 0.3) is 0 Å². The van der Waals surface area contributed by atoms with E-state index in [1.807, 2.05) is 28.9 Å². The number of nitrogens with one attached hydrogen (secondary N) is 2. The zero-order chi connectivity index (χ0) is 19.2. The fraction of sp³-hybridized carbons (Fsp3) is 0.300. The maximum atomic E-state index is 6.20. The van der Waals surface area contributed by atoms with Gasteiger partial charge in [0, 0.05) is 17.0 Å². The summed E-state index contributed by atoms with van der Waals surface area (Å²) in [6, 6.07) is 13.9. The number of aromatic amines is 1. The van der Waals surface area contributed by atoms with Crippen LogP contribution < -0.4 is 10.2 Å². The Bertz CT molecular complexity index is 967. The number of aromatic nitrogens is 3. The van der Waals surface area contributed by atoms with Gasteiger partial charge in [0.1, 0.15) is 12.4 Å². The molecule has 1 aromatic heterocycles. The zero-order valence-electron chi connectivity index (χ0n) is 15.5. The van der Waals surface area contributed by atoms with Gasteiger partial charge in [-0.15, -0.1) is 0 Å². The minimum atomic E-state index is 0.503. The highest BCUT2D eigenvalue weighted by molar-refractivity contribution is 7.71. The number of ether oxygens (including phenoxy) is 1. The monoisotopic (exact) mass is 402 g/mol. The zero-order valence-corrected chi connectivity index (χ0v) is 17.0. The summed E-state index contributed by atoms with van der Waals surface area (Å²) in [5.74, 6) is 1.67. The fourth-order valence-electron chi connectivity index (χ4n) is 2.84. The molecule has 2 N–H and O–H groups in total. The summed E-state index contributed by atoms with van der Waals surface area (Å²) in [4.78, 5) is 0. The van der Waals surface area contributed by atoms with Gasteiger partial charge in [-0.2, -0.15) is 5.10 Å². The third-order valence-corrected chi connectivity index (χ3v) is 4.65. The van der Waals surface area contributed by atoms with Crippen molar-refractivity contribution < 1.29 is 4.74 Å². The average Bonchev–Trinajstić information content (AvgIpc) is 2.99. The van der Waals surface area contributed by atoms with E-state index in [0.717, 1.165) is 35.5 Å². The van der Waals surface area contributed by atoms with Crippen LogP contribution in [0.4, 0.5) is 0 Å². The largest absolute Gasteiger partial charge is 0.489 e. The van der Waals surface area contributed by atoms with Crippen LogP contribution in [0.3, 0.4) is 0 Å². The smallest absolute Gasteiger partial charge is 0.214 e. The Balaban J connectivity index is 1.74.